The van der Waals surface area contributed by atoms with E-state index in [4.69, 9.17) is 4.42 Å². The van der Waals surface area contributed by atoms with Crippen LogP contribution in [0.4, 0.5) is 11.4 Å². The second-order valence-electron chi connectivity index (χ2n) is 11.9. The van der Waals surface area contributed by atoms with Crippen molar-refractivity contribution in [3.05, 3.63) is 79.5 Å². The van der Waals surface area contributed by atoms with Crippen LogP contribution in [0.25, 0.3) is 33.5 Å². The Morgan fingerprint density at radius 3 is 2.61 bits per heavy atom. The summed E-state index contributed by atoms with van der Waals surface area (Å²) in [4.78, 5) is 41.8. The molecule has 44 heavy (non-hydrogen) atoms. The van der Waals surface area contributed by atoms with Gasteiger partial charge in [0.2, 0.25) is 11.8 Å². The van der Waals surface area contributed by atoms with Gasteiger partial charge < -0.3 is 19.5 Å². The van der Waals surface area contributed by atoms with Crippen LogP contribution in [-0.4, -0.2) is 86.6 Å². The zero-order chi connectivity index (χ0) is 29.6. The third-order valence-corrected chi connectivity index (χ3v) is 9.21. The number of carbonyl (C=O) groups excluding carboxylic acids is 2. The van der Waals surface area contributed by atoms with E-state index in [9.17, 15) is 9.59 Å². The first-order chi connectivity index (χ1) is 21.6. The van der Waals surface area contributed by atoms with Gasteiger partial charge >= 0.3 is 0 Å². The van der Waals surface area contributed by atoms with Gasteiger partial charge in [0.05, 0.1) is 36.5 Å². The van der Waals surface area contributed by atoms with Gasteiger partial charge in [0.15, 0.2) is 5.82 Å². The Morgan fingerprint density at radius 2 is 1.84 bits per heavy atom. The van der Waals surface area contributed by atoms with Gasteiger partial charge in [-0.1, -0.05) is 0 Å². The van der Waals surface area contributed by atoms with Crippen molar-refractivity contribution in [3.8, 4) is 22.6 Å². The van der Waals surface area contributed by atoms with Crippen LogP contribution in [-0.2, 0) is 9.59 Å². The van der Waals surface area contributed by atoms with E-state index in [1.807, 2.05) is 30.3 Å². The Balaban J connectivity index is 0.848. The van der Waals surface area contributed by atoms with Crippen molar-refractivity contribution in [3.63, 3.8) is 0 Å². The average molecular weight is 589 g/mol. The maximum Gasteiger partial charge on any atom is 0.237 e. The number of piperazine rings is 1. The van der Waals surface area contributed by atoms with Crippen molar-refractivity contribution in [2.75, 3.05) is 42.9 Å². The van der Waals surface area contributed by atoms with E-state index in [1.54, 1.807) is 24.9 Å². The summed E-state index contributed by atoms with van der Waals surface area (Å²) in [5, 5.41) is 11.4. The van der Waals surface area contributed by atoms with Crippen LogP contribution in [0.5, 0.6) is 0 Å². The lowest BCUT2D eigenvalue weighted by Gasteiger charge is -2.36. The van der Waals surface area contributed by atoms with Gasteiger partial charge in [0, 0.05) is 66.0 Å². The Kier molecular flexibility index (Phi) is 6.59. The summed E-state index contributed by atoms with van der Waals surface area (Å²) >= 11 is 0. The van der Waals surface area contributed by atoms with Crippen molar-refractivity contribution in [2.45, 2.75) is 24.9 Å². The molecule has 5 aromatic rings. The Labute approximate surface area is 253 Å². The fourth-order valence-corrected chi connectivity index (χ4v) is 6.97. The van der Waals surface area contributed by atoms with E-state index in [1.165, 1.54) is 5.69 Å². The maximum absolute atomic E-state index is 13.4. The predicted molar refractivity (Wildman–Crippen MR) is 166 cm³/mol. The van der Waals surface area contributed by atoms with Crippen LogP contribution in [0.1, 0.15) is 12.8 Å². The molecule has 2 amide bonds. The van der Waals surface area contributed by atoms with E-state index in [0.717, 1.165) is 71.7 Å². The van der Waals surface area contributed by atoms with Gasteiger partial charge in [0.25, 0.3) is 0 Å². The first-order valence-electron chi connectivity index (χ1n) is 15.1. The predicted octanol–water partition coefficient (Wildman–Crippen LogP) is 4.03. The minimum absolute atomic E-state index is 0.0200. The summed E-state index contributed by atoms with van der Waals surface area (Å²) in [5.41, 5.74) is 5.44. The lowest BCUT2D eigenvalue weighted by Crippen LogP contribution is -2.51. The zero-order valence-corrected chi connectivity index (χ0v) is 24.1. The number of nitrogens with one attached hydrogen (secondary N) is 2. The molecule has 0 aliphatic carbocycles. The first kappa shape index (κ1) is 26.6. The van der Waals surface area contributed by atoms with E-state index in [0.29, 0.717) is 19.1 Å². The van der Waals surface area contributed by atoms with Gasteiger partial charge in [-0.15, -0.1) is 0 Å². The molecule has 3 saturated heterocycles. The number of furan rings is 1. The van der Waals surface area contributed by atoms with E-state index >= 15 is 0 Å². The van der Waals surface area contributed by atoms with Crippen LogP contribution in [0.15, 0.2) is 83.9 Å². The third-order valence-electron chi connectivity index (χ3n) is 9.21. The lowest BCUT2D eigenvalue weighted by molar-refractivity contribution is -0.133. The summed E-state index contributed by atoms with van der Waals surface area (Å²) in [7, 11) is 0. The van der Waals surface area contributed by atoms with Crippen LogP contribution >= 0.6 is 0 Å². The van der Waals surface area contributed by atoms with Gasteiger partial charge in [0.1, 0.15) is 5.69 Å². The van der Waals surface area contributed by atoms with Crippen molar-refractivity contribution in [1.82, 2.24) is 30.0 Å². The number of hydrogen-bond donors (Lipinski definition) is 2. The van der Waals surface area contributed by atoms with E-state index in [-0.39, 0.29) is 23.8 Å². The molecule has 8 rings (SSSR count). The number of fused-ring (bicyclic) bond motifs is 3. The highest BCUT2D eigenvalue weighted by Gasteiger charge is 2.45. The molecular weight excluding hydrogens is 556 g/mol. The first-order valence-corrected chi connectivity index (χ1v) is 15.1. The second kappa shape index (κ2) is 10.9. The molecule has 11 heteroatoms. The molecule has 2 aromatic carbocycles. The second-order valence-corrected chi connectivity index (χ2v) is 11.9. The average Bonchev–Trinajstić information content (AvgIpc) is 3.90. The minimum Gasteiger partial charge on any atom is -0.472 e. The normalized spacial score (nSPS) is 21.4. The van der Waals surface area contributed by atoms with Crippen molar-refractivity contribution in [1.29, 1.82) is 0 Å². The molecule has 3 fully saturated rings. The number of carbonyl (C=O) groups is 2. The van der Waals surface area contributed by atoms with Crippen molar-refractivity contribution >= 4 is 34.1 Å². The summed E-state index contributed by atoms with van der Waals surface area (Å²) in [6.45, 7) is 3.25. The molecule has 6 heterocycles. The minimum atomic E-state index is -0.161. The number of amides is 2. The fraction of sp³-hybridized carbons (Fsp3) is 0.303. The molecule has 222 valence electrons. The summed E-state index contributed by atoms with van der Waals surface area (Å²) in [6.07, 6.45) is 8.49. The quantitative estimate of drug-likeness (QED) is 0.292. The summed E-state index contributed by atoms with van der Waals surface area (Å²) in [6, 6.07) is 18.3. The number of rotatable bonds is 7. The maximum atomic E-state index is 13.4. The monoisotopic (exact) mass is 588 g/mol. The number of hydrogen-bond acceptors (Lipinski definition) is 8. The van der Waals surface area contributed by atoms with Crippen LogP contribution in [0, 0.1) is 5.92 Å². The largest absolute Gasteiger partial charge is 0.472 e. The molecule has 2 bridgehead atoms. The van der Waals surface area contributed by atoms with Crippen LogP contribution < -0.4 is 10.2 Å². The number of benzene rings is 2. The van der Waals surface area contributed by atoms with Gasteiger partial charge in [-0.25, -0.2) is 9.97 Å². The number of H-pyrrole nitrogens is 1. The smallest absolute Gasteiger partial charge is 0.237 e. The molecule has 3 atom stereocenters. The molecular formula is C33H32N8O3. The Morgan fingerprint density at radius 1 is 0.977 bits per heavy atom. The molecule has 0 spiro atoms. The number of nitrogens with zero attached hydrogens (tertiary/aromatic N) is 6. The molecule has 3 aliphatic rings. The number of anilines is 2. The van der Waals surface area contributed by atoms with E-state index < -0.39 is 0 Å². The Bertz CT molecular complexity index is 1800. The van der Waals surface area contributed by atoms with Crippen LogP contribution in [0.3, 0.4) is 0 Å². The molecule has 2 N–H and O–H groups in total. The highest BCUT2D eigenvalue weighted by atomic mass is 16.3. The highest BCUT2D eigenvalue weighted by molar-refractivity contribution is 5.99. The fourth-order valence-electron chi connectivity index (χ4n) is 6.97. The Hall–Kier alpha value is -5.03. The van der Waals surface area contributed by atoms with Gasteiger partial charge in [-0.2, -0.15) is 5.10 Å². The number of aromatic amines is 1. The molecule has 0 saturated carbocycles. The van der Waals surface area contributed by atoms with Crippen molar-refractivity contribution in [2.24, 2.45) is 5.92 Å². The van der Waals surface area contributed by atoms with Gasteiger partial charge in [-0.3, -0.25) is 19.6 Å². The third kappa shape index (κ3) is 4.88. The zero-order valence-electron chi connectivity index (χ0n) is 24.1. The summed E-state index contributed by atoms with van der Waals surface area (Å²) in [5.74, 6) is 0.697. The highest BCUT2D eigenvalue weighted by Crippen LogP contribution is 2.36. The molecule has 0 unspecified atom stereocenters. The summed E-state index contributed by atoms with van der Waals surface area (Å²) < 4.78 is 5.21. The SMILES string of the molecule is O=C(Nc1ccc2[nH]nc(-c3ccoc3)c2c1)[C@@H]1CCN(CC(=O)N2C[C@@H]3C[C@H]2CN3c2ccc(-c3ncccn3)cc2)C1. The molecule has 3 aliphatic heterocycles. The van der Waals surface area contributed by atoms with Crippen molar-refractivity contribution < 1.29 is 14.0 Å². The number of aromatic nitrogens is 4. The van der Waals surface area contributed by atoms with Gasteiger partial charge in [-0.05, 0) is 74.0 Å². The molecule has 0 radical (unpaired) electrons. The lowest BCUT2D eigenvalue weighted by atomic mass is 10.1. The van der Waals surface area contributed by atoms with E-state index in [2.05, 4.69) is 64.4 Å². The molecule has 3 aromatic heterocycles. The van der Waals surface area contributed by atoms with Crippen LogP contribution in [0.2, 0.25) is 0 Å². The molecule has 11 nitrogen and oxygen atoms in total. The standard InChI is InChI=1S/C33H32N8O3/c42-30(41-18-26-15-27(41)17-40(26)25-5-2-21(3-6-25)32-34-10-1-11-35-32)19-39-12-8-22(16-39)33(43)36-24-4-7-29-28(14-24)31(38-37-29)23-9-13-44-20-23/h1-7,9-11,13-14,20,22,26-27H,8,12,15-19H2,(H,36,43)(H,37,38)/t22-,26+,27+/m1/s1. The topological polar surface area (TPSA) is 123 Å². The number of likely N-dealkylation sites (tertiary alicyclic amines) is 2.